The molecule has 4 aromatic heterocycles. The highest BCUT2D eigenvalue weighted by Crippen LogP contribution is 2.44. The summed E-state index contributed by atoms with van der Waals surface area (Å²) in [6, 6.07) is 0. The van der Waals surface area contributed by atoms with Crippen molar-refractivity contribution in [2.75, 3.05) is 18.6 Å². The number of ether oxygens (including phenoxy) is 3. The van der Waals surface area contributed by atoms with Gasteiger partial charge in [-0.3, -0.25) is 9.13 Å². The Bertz CT molecular complexity index is 2040. The fraction of sp³-hybridized carbons (Fsp3) is 0.630. The second-order valence-corrected chi connectivity index (χ2v) is 26.4. The van der Waals surface area contributed by atoms with E-state index in [1.54, 1.807) is 40.1 Å². The summed E-state index contributed by atoms with van der Waals surface area (Å²) in [5, 5.41) is 28.1. The first-order valence-electron chi connectivity index (χ1n) is 15.2. The van der Waals surface area contributed by atoms with E-state index in [9.17, 15) is 10.2 Å². The number of nitrogens with two attached hydrogens (primary N) is 2. The number of aromatic nitrogens is 8. The van der Waals surface area contributed by atoms with Crippen LogP contribution in [0.1, 0.15) is 47.6 Å². The van der Waals surface area contributed by atoms with Crippen molar-refractivity contribution in [1.82, 2.24) is 39.0 Å². The van der Waals surface area contributed by atoms with Gasteiger partial charge < -0.3 is 40.3 Å². The van der Waals surface area contributed by atoms with E-state index < -0.39 is 33.0 Å². The molecule has 6 heterocycles. The number of imidazole rings is 2. The minimum absolute atomic E-state index is 0. The average Bonchev–Trinajstić information content (AvgIpc) is 3.87. The van der Waals surface area contributed by atoms with Crippen LogP contribution in [0.4, 0.5) is 11.6 Å². The number of fused-ring (bicyclic) bond motifs is 2. The van der Waals surface area contributed by atoms with Gasteiger partial charge in [0.05, 0.1) is 18.8 Å². The molecule has 0 spiro atoms. The molecule has 8 atom stereocenters. The van der Waals surface area contributed by atoms with Gasteiger partial charge in [-0.15, -0.1) is 0 Å². The first-order chi connectivity index (χ1) is 24.6. The third-order valence-electron chi connectivity index (χ3n) is 8.70. The molecule has 0 saturated carbocycles. The van der Waals surface area contributed by atoms with Gasteiger partial charge in [-0.05, 0) is 18.1 Å². The third kappa shape index (κ3) is 10.3. The van der Waals surface area contributed by atoms with Gasteiger partial charge in [-0.1, -0.05) is 35.1 Å². The van der Waals surface area contributed by atoms with E-state index in [2.05, 4.69) is 98.0 Å². The van der Waals surface area contributed by atoms with E-state index in [1.807, 2.05) is 4.57 Å². The van der Waals surface area contributed by atoms with Gasteiger partial charge in [0.15, 0.2) is 50.0 Å². The van der Waals surface area contributed by atoms with Crippen molar-refractivity contribution < 1.29 is 39.0 Å². The molecular formula is C27H44N10O8S7Si. The standard InChI is InChI=1S/C17H29N5O3Si.C9H11N5O5.CH4.S7/c1-10-12(25-26(6,7)17(2,3)4)15(24-16(10)23-5)22-9-21-11-13(18)19-8-20-14(11)22;10-6-3-7(12-1-11-6)14(2-13-3)8-4(15)5(16)9(18-8)19-17;;1-3-5-7-6-4-2/h8-10,12,15-16H,1-7H3,(H2,18,19,20);1-2,4-5,8-9,15-17H,(H2,10,11,12);1H4;/t10?,12-,15-,16+;4?,5?,8-,9-;;/m11../s1. The number of anilines is 2. The van der Waals surface area contributed by atoms with E-state index in [4.69, 9.17) is 35.4 Å². The Labute approximate surface area is 331 Å². The summed E-state index contributed by atoms with van der Waals surface area (Å²) < 4.78 is 26.9. The topological polar surface area (TPSA) is 246 Å². The van der Waals surface area contributed by atoms with Gasteiger partial charge >= 0.3 is 0 Å². The van der Waals surface area contributed by atoms with Crippen LogP contribution in [-0.2, 0) is 90.3 Å². The van der Waals surface area contributed by atoms with Gasteiger partial charge in [0.2, 0.25) is 6.29 Å². The molecule has 26 heteroatoms. The summed E-state index contributed by atoms with van der Waals surface area (Å²) >= 11 is 9.14. The molecule has 3 unspecified atom stereocenters. The smallest absolute Gasteiger partial charge is 0.221 e. The maximum absolute atomic E-state index is 9.87. The lowest BCUT2D eigenvalue weighted by atomic mass is 10.1. The van der Waals surface area contributed by atoms with Crippen molar-refractivity contribution in [2.45, 2.75) is 96.6 Å². The van der Waals surface area contributed by atoms with E-state index in [-0.39, 0.29) is 42.8 Å². The molecule has 4 aromatic rings. The van der Waals surface area contributed by atoms with Gasteiger partial charge in [-0.25, -0.2) is 40.0 Å². The van der Waals surface area contributed by atoms with Gasteiger partial charge in [-0.2, -0.15) is 0 Å². The van der Waals surface area contributed by atoms with E-state index >= 15 is 0 Å². The third-order valence-corrected chi connectivity index (χ3v) is 22.1. The second-order valence-electron chi connectivity index (χ2n) is 12.8. The molecule has 53 heavy (non-hydrogen) atoms. The van der Waals surface area contributed by atoms with Gasteiger partial charge in [0.25, 0.3) is 0 Å². The quantitative estimate of drug-likeness (QED) is 0.106. The molecule has 296 valence electrons. The Morgan fingerprint density at radius 1 is 0.811 bits per heavy atom. The Hall–Kier alpha value is -1.86. The summed E-state index contributed by atoms with van der Waals surface area (Å²) in [6.07, 6.45) is -0.271. The zero-order valence-electron chi connectivity index (χ0n) is 28.9. The predicted octanol–water partition coefficient (Wildman–Crippen LogP) is 2.03. The molecular weight excluding hydrogens is 845 g/mol. The number of hydrogen-bond acceptors (Lipinski definition) is 18. The molecule has 2 fully saturated rings. The second kappa shape index (κ2) is 19.8. The summed E-state index contributed by atoms with van der Waals surface area (Å²) in [4.78, 5) is 28.4. The Morgan fingerprint density at radius 2 is 1.30 bits per heavy atom. The highest BCUT2D eigenvalue weighted by atomic mass is 33.4. The fourth-order valence-electron chi connectivity index (χ4n) is 5.02. The van der Waals surface area contributed by atoms with Crippen LogP contribution in [0.2, 0.25) is 18.1 Å². The molecule has 2 aliphatic heterocycles. The predicted molar refractivity (Wildman–Crippen MR) is 220 cm³/mol. The minimum atomic E-state index is -2.01. The number of nitrogen functional groups attached to an aromatic ring is 2. The van der Waals surface area contributed by atoms with Crippen LogP contribution in [-0.4, -0.2) is 101 Å². The van der Waals surface area contributed by atoms with Crippen LogP contribution in [0.25, 0.3) is 22.3 Å². The van der Waals surface area contributed by atoms with Crippen molar-refractivity contribution in [3.05, 3.63) is 25.3 Å². The van der Waals surface area contributed by atoms with E-state index in [1.165, 1.54) is 41.3 Å². The van der Waals surface area contributed by atoms with Crippen molar-refractivity contribution >= 4 is 109 Å². The van der Waals surface area contributed by atoms with E-state index in [0.29, 0.717) is 28.1 Å². The molecule has 0 amide bonds. The Kier molecular flexibility index (Phi) is 17.0. The molecule has 2 saturated heterocycles. The average molecular weight is 889 g/mol. The lowest BCUT2D eigenvalue weighted by molar-refractivity contribution is -0.357. The van der Waals surface area contributed by atoms with Gasteiger partial charge in [0, 0.05) is 79.8 Å². The van der Waals surface area contributed by atoms with Crippen LogP contribution < -0.4 is 11.5 Å². The molecule has 2 aliphatic rings. The fourth-order valence-corrected chi connectivity index (χ4v) is 14.6. The highest BCUT2D eigenvalue weighted by molar-refractivity contribution is 8.68. The molecule has 7 N–H and O–H groups in total. The maximum atomic E-state index is 9.87. The lowest BCUT2D eigenvalue weighted by Gasteiger charge is -2.40. The monoisotopic (exact) mass is 888 g/mol. The number of nitrogens with zero attached hydrogens (tertiary/aromatic N) is 8. The van der Waals surface area contributed by atoms with Crippen molar-refractivity contribution in [1.29, 1.82) is 0 Å². The van der Waals surface area contributed by atoms with Crippen molar-refractivity contribution in [2.24, 2.45) is 5.92 Å². The molecule has 18 nitrogen and oxygen atoms in total. The largest absolute Gasteiger partial charge is 0.409 e. The SMILES string of the molecule is C.CO[C@H]1O[C@@H](n2cnc3c(N)ncnc32)[C@H](O[Si](C)(C)C(C)(C)C)C1C.Nc1ncnc2c1ncn2[C@@H]1O[C@H](OO)C(O)C1O.S=S=S=S=S=S=S. The normalized spacial score (nSPS) is 25.4. The lowest BCUT2D eigenvalue weighted by Crippen LogP contribution is -2.46. The number of methoxy groups -OCH3 is 1. The van der Waals surface area contributed by atoms with Crippen molar-refractivity contribution in [3.63, 3.8) is 0 Å². The van der Waals surface area contributed by atoms with Crippen LogP contribution in [0.3, 0.4) is 0 Å². The number of hydrogen-bond donors (Lipinski definition) is 5. The highest BCUT2D eigenvalue weighted by Gasteiger charge is 2.50. The summed E-state index contributed by atoms with van der Waals surface area (Å²) in [5.74, 6) is 0.604. The van der Waals surface area contributed by atoms with Crippen molar-refractivity contribution in [3.8, 4) is 0 Å². The molecule has 0 radical (unpaired) electrons. The van der Waals surface area contributed by atoms with Gasteiger partial charge in [0.1, 0.15) is 35.9 Å². The first-order valence-corrected chi connectivity index (χ1v) is 26.1. The first kappa shape index (κ1) is 45.5. The van der Waals surface area contributed by atoms with E-state index in [0.717, 1.165) is 0 Å². The zero-order valence-corrected chi connectivity index (χ0v) is 35.6. The molecule has 0 aromatic carbocycles. The van der Waals surface area contributed by atoms with Crippen LogP contribution in [0, 0.1) is 5.92 Å². The summed E-state index contributed by atoms with van der Waals surface area (Å²) in [7, 11) is 7.00. The van der Waals surface area contributed by atoms with Crippen LogP contribution in [0.15, 0.2) is 25.3 Å². The number of aliphatic hydroxyl groups excluding tert-OH is 2. The molecule has 0 bridgehead atoms. The van der Waals surface area contributed by atoms with Crippen LogP contribution in [0.5, 0.6) is 0 Å². The van der Waals surface area contributed by atoms with Crippen LogP contribution >= 0.6 is 0 Å². The zero-order chi connectivity index (χ0) is 38.4. The maximum Gasteiger partial charge on any atom is 0.221 e. The Balaban J connectivity index is 0.000000245. The molecule has 0 aliphatic carbocycles. The molecule has 6 rings (SSSR count). The number of aliphatic hydroxyl groups is 2. The number of rotatable bonds is 6. The summed E-state index contributed by atoms with van der Waals surface area (Å²) in [5.41, 5.74) is 13.4. The minimum Gasteiger partial charge on any atom is -0.409 e. The Morgan fingerprint density at radius 3 is 1.74 bits per heavy atom. The summed E-state index contributed by atoms with van der Waals surface area (Å²) in [6.45, 7) is 13.2.